The lowest BCUT2D eigenvalue weighted by atomic mass is 10.2. The Morgan fingerprint density at radius 1 is 1.39 bits per heavy atom. The first-order valence-electron chi connectivity index (χ1n) is 6.88. The van der Waals surface area contributed by atoms with E-state index in [0.29, 0.717) is 34.6 Å². The van der Waals surface area contributed by atoms with Crippen LogP contribution >= 0.6 is 22.9 Å². The molecule has 1 aromatic carbocycles. The first kappa shape index (κ1) is 15.5. The monoisotopic (exact) mass is 347 g/mol. The highest BCUT2D eigenvalue weighted by Crippen LogP contribution is 2.26. The zero-order valence-electron chi connectivity index (χ0n) is 12.3. The van der Waals surface area contributed by atoms with Crippen LogP contribution in [-0.4, -0.2) is 21.1 Å². The van der Waals surface area contributed by atoms with Gasteiger partial charge in [0.25, 0.3) is 0 Å². The molecule has 3 aromatic rings. The number of nitrogens with one attached hydrogen (secondary N) is 3. The number of halogens is 1. The highest BCUT2D eigenvalue weighted by molar-refractivity contribution is 7.13. The topological polar surface area (TPSA) is 82.7 Å². The van der Waals surface area contributed by atoms with Gasteiger partial charge in [-0.25, -0.2) is 4.98 Å². The van der Waals surface area contributed by atoms with Crippen LogP contribution in [0.4, 0.5) is 11.4 Å². The molecule has 0 bridgehead atoms. The summed E-state index contributed by atoms with van der Waals surface area (Å²) in [6.07, 6.45) is 0. The number of carbonyl (C=O) groups excluding carboxylic acids is 1. The van der Waals surface area contributed by atoms with Gasteiger partial charge in [-0.2, -0.15) is 5.10 Å². The van der Waals surface area contributed by atoms with E-state index < -0.39 is 0 Å². The predicted molar refractivity (Wildman–Crippen MR) is 92.8 cm³/mol. The zero-order valence-corrected chi connectivity index (χ0v) is 13.8. The molecule has 0 unspecified atom stereocenters. The second kappa shape index (κ2) is 6.80. The Balaban J connectivity index is 1.69. The highest BCUT2D eigenvalue weighted by atomic mass is 35.5. The molecule has 0 fully saturated rings. The smallest absolute Gasteiger partial charge is 0.221 e. The van der Waals surface area contributed by atoms with Gasteiger partial charge in [-0.1, -0.05) is 17.7 Å². The molecule has 0 aliphatic carbocycles. The third-order valence-electron chi connectivity index (χ3n) is 3.01. The Hall–Kier alpha value is -2.38. The Labute approximate surface area is 141 Å². The number of H-pyrrole nitrogens is 1. The van der Waals surface area contributed by atoms with Crippen molar-refractivity contribution < 1.29 is 4.79 Å². The summed E-state index contributed by atoms with van der Waals surface area (Å²) in [5, 5.41) is 15.6. The molecule has 118 valence electrons. The number of carbonyl (C=O) groups is 1. The van der Waals surface area contributed by atoms with Gasteiger partial charge in [0.2, 0.25) is 5.91 Å². The number of anilines is 2. The Kier molecular flexibility index (Phi) is 4.59. The van der Waals surface area contributed by atoms with E-state index in [4.69, 9.17) is 11.6 Å². The summed E-state index contributed by atoms with van der Waals surface area (Å²) in [6, 6.07) is 9.19. The van der Waals surface area contributed by atoms with E-state index in [9.17, 15) is 4.79 Å². The molecular formula is C15H14ClN5OS. The lowest BCUT2D eigenvalue weighted by Crippen LogP contribution is -2.07. The standard InChI is InChI=1S/C15H14ClN5OS/c1-9(22)18-10-4-5-11(16)12(7-10)17-8-14-19-15(21-20-14)13-3-2-6-23-13/h2-7,17H,8H2,1H3,(H,18,22)(H,19,20,21). The fraction of sp³-hybridized carbons (Fsp3) is 0.133. The molecule has 8 heteroatoms. The van der Waals surface area contributed by atoms with Crippen molar-refractivity contribution in [1.29, 1.82) is 0 Å². The Morgan fingerprint density at radius 3 is 3.00 bits per heavy atom. The second-order valence-electron chi connectivity index (χ2n) is 4.81. The summed E-state index contributed by atoms with van der Waals surface area (Å²) in [6.45, 7) is 1.91. The quantitative estimate of drug-likeness (QED) is 0.656. The Bertz CT molecular complexity index is 815. The van der Waals surface area contributed by atoms with Gasteiger partial charge in [0.05, 0.1) is 22.1 Å². The molecule has 1 amide bonds. The number of hydrogen-bond acceptors (Lipinski definition) is 5. The number of rotatable bonds is 5. The summed E-state index contributed by atoms with van der Waals surface area (Å²) < 4.78 is 0. The molecule has 0 aliphatic rings. The van der Waals surface area contributed by atoms with E-state index in [-0.39, 0.29) is 5.91 Å². The lowest BCUT2D eigenvalue weighted by Gasteiger charge is -2.09. The van der Waals surface area contributed by atoms with Crippen LogP contribution < -0.4 is 10.6 Å². The third kappa shape index (κ3) is 3.88. The maximum absolute atomic E-state index is 11.1. The molecule has 6 nitrogen and oxygen atoms in total. The van der Waals surface area contributed by atoms with Gasteiger partial charge in [-0.15, -0.1) is 11.3 Å². The Morgan fingerprint density at radius 2 is 2.26 bits per heavy atom. The highest BCUT2D eigenvalue weighted by Gasteiger charge is 2.08. The van der Waals surface area contributed by atoms with E-state index in [1.807, 2.05) is 17.5 Å². The van der Waals surface area contributed by atoms with Crippen molar-refractivity contribution in [1.82, 2.24) is 15.2 Å². The molecule has 0 saturated carbocycles. The minimum atomic E-state index is -0.130. The maximum atomic E-state index is 11.1. The van der Waals surface area contributed by atoms with Crippen molar-refractivity contribution in [2.24, 2.45) is 0 Å². The van der Waals surface area contributed by atoms with E-state index in [1.165, 1.54) is 6.92 Å². The molecular weight excluding hydrogens is 334 g/mol. The summed E-state index contributed by atoms with van der Waals surface area (Å²) >= 11 is 7.75. The van der Waals surface area contributed by atoms with Crippen LogP contribution in [0.2, 0.25) is 5.02 Å². The molecule has 23 heavy (non-hydrogen) atoms. The third-order valence-corrected chi connectivity index (χ3v) is 4.20. The first-order chi connectivity index (χ1) is 11.1. The van der Waals surface area contributed by atoms with Gasteiger partial charge in [-0.05, 0) is 29.6 Å². The average molecular weight is 348 g/mol. The molecule has 0 radical (unpaired) electrons. The van der Waals surface area contributed by atoms with Crippen LogP contribution in [0.5, 0.6) is 0 Å². The maximum Gasteiger partial charge on any atom is 0.221 e. The number of amides is 1. The van der Waals surface area contributed by atoms with Gasteiger partial charge in [0.15, 0.2) is 5.82 Å². The molecule has 0 saturated heterocycles. The molecule has 2 aromatic heterocycles. The van der Waals surface area contributed by atoms with Crippen molar-refractivity contribution in [3.63, 3.8) is 0 Å². The molecule has 2 heterocycles. The van der Waals surface area contributed by atoms with Crippen molar-refractivity contribution in [3.05, 3.63) is 46.6 Å². The summed E-state index contributed by atoms with van der Waals surface area (Å²) in [5.74, 6) is 1.25. The number of hydrogen-bond donors (Lipinski definition) is 3. The van der Waals surface area contributed by atoms with Crippen LogP contribution in [0.1, 0.15) is 12.7 Å². The minimum absolute atomic E-state index is 0.130. The number of aromatic amines is 1. The van der Waals surface area contributed by atoms with Crippen LogP contribution in [0, 0.1) is 0 Å². The fourth-order valence-corrected chi connectivity index (χ4v) is 2.85. The van der Waals surface area contributed by atoms with Crippen LogP contribution in [0.3, 0.4) is 0 Å². The predicted octanol–water partition coefficient (Wildman–Crippen LogP) is 3.76. The van der Waals surface area contributed by atoms with Crippen molar-refractivity contribution >= 4 is 40.2 Å². The van der Waals surface area contributed by atoms with Crippen molar-refractivity contribution in [3.8, 4) is 10.7 Å². The molecule has 0 spiro atoms. The molecule has 3 rings (SSSR count). The van der Waals surface area contributed by atoms with E-state index in [0.717, 1.165) is 4.88 Å². The van der Waals surface area contributed by atoms with E-state index >= 15 is 0 Å². The summed E-state index contributed by atoms with van der Waals surface area (Å²) in [7, 11) is 0. The molecule has 0 atom stereocenters. The summed E-state index contributed by atoms with van der Waals surface area (Å²) in [4.78, 5) is 16.6. The van der Waals surface area contributed by atoms with Gasteiger partial charge in [-0.3, -0.25) is 9.89 Å². The van der Waals surface area contributed by atoms with E-state index in [1.54, 1.807) is 29.5 Å². The van der Waals surface area contributed by atoms with Gasteiger partial charge < -0.3 is 10.6 Å². The van der Waals surface area contributed by atoms with Crippen LogP contribution in [0.15, 0.2) is 35.7 Å². The largest absolute Gasteiger partial charge is 0.376 e. The SMILES string of the molecule is CC(=O)Nc1ccc(Cl)c(NCc2nc(-c3cccs3)n[nH]2)c1. The van der Waals surface area contributed by atoms with Crippen LogP contribution in [0.25, 0.3) is 10.7 Å². The average Bonchev–Trinajstić information content (AvgIpc) is 3.17. The van der Waals surface area contributed by atoms with Gasteiger partial charge in [0.1, 0.15) is 5.82 Å². The normalized spacial score (nSPS) is 10.5. The van der Waals surface area contributed by atoms with Gasteiger partial charge in [0, 0.05) is 12.6 Å². The first-order valence-corrected chi connectivity index (χ1v) is 8.14. The minimum Gasteiger partial charge on any atom is -0.376 e. The zero-order chi connectivity index (χ0) is 16.2. The van der Waals surface area contributed by atoms with Crippen LogP contribution in [-0.2, 0) is 11.3 Å². The van der Waals surface area contributed by atoms with Crippen molar-refractivity contribution in [2.45, 2.75) is 13.5 Å². The number of aromatic nitrogens is 3. The number of benzene rings is 1. The lowest BCUT2D eigenvalue weighted by molar-refractivity contribution is -0.114. The molecule has 3 N–H and O–H groups in total. The second-order valence-corrected chi connectivity index (χ2v) is 6.17. The van der Waals surface area contributed by atoms with E-state index in [2.05, 4.69) is 25.8 Å². The number of nitrogens with zero attached hydrogens (tertiary/aromatic N) is 2. The molecule has 0 aliphatic heterocycles. The summed E-state index contributed by atoms with van der Waals surface area (Å²) in [5.41, 5.74) is 1.40. The fourth-order valence-electron chi connectivity index (χ4n) is 2.01. The van der Waals surface area contributed by atoms with Crippen molar-refractivity contribution in [2.75, 3.05) is 10.6 Å². The van der Waals surface area contributed by atoms with Gasteiger partial charge >= 0.3 is 0 Å². The number of thiophene rings is 1.